The van der Waals surface area contributed by atoms with Crippen molar-refractivity contribution in [2.24, 2.45) is 5.92 Å². The molecule has 1 aliphatic rings. The van der Waals surface area contributed by atoms with Gasteiger partial charge in [0.25, 0.3) is 0 Å². The monoisotopic (exact) mass is 385 g/mol. The van der Waals surface area contributed by atoms with Crippen molar-refractivity contribution in [3.05, 3.63) is 53.6 Å². The number of benzene rings is 2. The first-order valence-electron chi connectivity index (χ1n) is 9.40. The normalized spacial score (nSPS) is 16.4. The fourth-order valence-corrected chi connectivity index (χ4v) is 3.90. The Morgan fingerprint density at radius 2 is 1.61 bits per heavy atom. The van der Waals surface area contributed by atoms with Gasteiger partial charge in [0.05, 0.1) is 33.3 Å². The lowest BCUT2D eigenvalue weighted by molar-refractivity contribution is -0.143. The van der Waals surface area contributed by atoms with Crippen LogP contribution in [-0.2, 0) is 4.79 Å². The molecule has 1 N–H and O–H groups in total. The number of carboxylic acid groups (broad SMARTS) is 1. The van der Waals surface area contributed by atoms with E-state index in [-0.39, 0.29) is 12.0 Å². The zero-order valence-electron chi connectivity index (χ0n) is 16.6. The van der Waals surface area contributed by atoms with Crippen molar-refractivity contribution in [2.45, 2.75) is 18.9 Å². The average Bonchev–Trinajstić information content (AvgIpc) is 2.74. The number of rotatable bonds is 7. The van der Waals surface area contributed by atoms with Gasteiger partial charge in [-0.05, 0) is 44.1 Å². The minimum atomic E-state index is -0.712. The van der Waals surface area contributed by atoms with Crippen molar-refractivity contribution >= 4 is 5.97 Å². The Morgan fingerprint density at radius 1 is 0.964 bits per heavy atom. The highest BCUT2D eigenvalue weighted by Gasteiger charge is 2.33. The van der Waals surface area contributed by atoms with Crippen LogP contribution in [0.15, 0.2) is 42.5 Å². The van der Waals surface area contributed by atoms with Crippen LogP contribution in [0.4, 0.5) is 0 Å². The predicted octanol–water partition coefficient (Wildman–Crippen LogP) is 3.60. The second-order valence-electron chi connectivity index (χ2n) is 6.90. The second-order valence-corrected chi connectivity index (χ2v) is 6.90. The number of piperidine rings is 1. The number of nitrogens with zero attached hydrogens (tertiary/aromatic N) is 1. The molecule has 1 heterocycles. The zero-order valence-corrected chi connectivity index (χ0v) is 16.6. The van der Waals surface area contributed by atoms with Gasteiger partial charge >= 0.3 is 5.97 Å². The van der Waals surface area contributed by atoms with Crippen LogP contribution in [0, 0.1) is 5.92 Å². The van der Waals surface area contributed by atoms with Crippen molar-refractivity contribution < 1.29 is 24.1 Å². The number of methoxy groups -OCH3 is 3. The van der Waals surface area contributed by atoms with Gasteiger partial charge in [-0.2, -0.15) is 0 Å². The lowest BCUT2D eigenvalue weighted by Crippen LogP contribution is -2.39. The molecule has 1 saturated heterocycles. The smallest absolute Gasteiger partial charge is 0.306 e. The van der Waals surface area contributed by atoms with E-state index in [0.717, 1.165) is 28.4 Å². The van der Waals surface area contributed by atoms with Crippen LogP contribution < -0.4 is 14.2 Å². The van der Waals surface area contributed by atoms with E-state index in [1.165, 1.54) is 0 Å². The minimum Gasteiger partial charge on any atom is -0.497 e. The van der Waals surface area contributed by atoms with E-state index in [9.17, 15) is 9.90 Å². The maximum Gasteiger partial charge on any atom is 0.306 e. The fraction of sp³-hybridized carbons (Fsp3) is 0.409. The first kappa shape index (κ1) is 20.0. The number of carboxylic acids is 1. The Hall–Kier alpha value is -2.73. The van der Waals surface area contributed by atoms with Crippen LogP contribution in [0.1, 0.15) is 30.0 Å². The Labute approximate surface area is 165 Å². The third-order valence-electron chi connectivity index (χ3n) is 5.41. The van der Waals surface area contributed by atoms with E-state index in [0.29, 0.717) is 25.9 Å². The van der Waals surface area contributed by atoms with Crippen LogP contribution in [0.5, 0.6) is 17.2 Å². The first-order chi connectivity index (χ1) is 13.6. The highest BCUT2D eigenvalue weighted by molar-refractivity contribution is 5.70. The summed E-state index contributed by atoms with van der Waals surface area (Å²) >= 11 is 0. The van der Waals surface area contributed by atoms with E-state index >= 15 is 0 Å². The predicted molar refractivity (Wildman–Crippen MR) is 106 cm³/mol. The van der Waals surface area contributed by atoms with Crippen molar-refractivity contribution in [1.29, 1.82) is 0 Å². The third kappa shape index (κ3) is 4.07. The van der Waals surface area contributed by atoms with Crippen molar-refractivity contribution in [1.82, 2.24) is 4.90 Å². The quantitative estimate of drug-likeness (QED) is 0.785. The molecule has 1 fully saturated rings. The van der Waals surface area contributed by atoms with Gasteiger partial charge in [-0.3, -0.25) is 9.69 Å². The zero-order chi connectivity index (χ0) is 20.1. The van der Waals surface area contributed by atoms with Crippen LogP contribution in [-0.4, -0.2) is 50.4 Å². The molecule has 3 rings (SSSR count). The van der Waals surface area contributed by atoms with Crippen LogP contribution >= 0.6 is 0 Å². The van der Waals surface area contributed by atoms with Gasteiger partial charge in [-0.1, -0.05) is 18.2 Å². The van der Waals surface area contributed by atoms with Gasteiger partial charge in [0.1, 0.15) is 17.2 Å². The van der Waals surface area contributed by atoms with Crippen molar-refractivity contribution in [3.8, 4) is 17.2 Å². The van der Waals surface area contributed by atoms with Crippen LogP contribution in [0.25, 0.3) is 0 Å². The third-order valence-corrected chi connectivity index (χ3v) is 5.41. The molecule has 1 unspecified atom stereocenters. The number of likely N-dealkylation sites (tertiary alicyclic amines) is 1. The molecular formula is C22H27NO5. The molecule has 1 aliphatic heterocycles. The lowest BCUT2D eigenvalue weighted by Gasteiger charge is -2.38. The summed E-state index contributed by atoms with van der Waals surface area (Å²) in [5.41, 5.74) is 2.03. The van der Waals surface area contributed by atoms with Crippen LogP contribution in [0.3, 0.4) is 0 Å². The standard InChI is InChI=1S/C22H27NO5/c1-26-16-8-9-18(20(14-16)28-3)21(17-6-4-5-7-19(17)27-2)23-12-10-15(11-13-23)22(24)25/h4-9,14-15,21H,10-13H2,1-3H3,(H,24,25). The topological polar surface area (TPSA) is 68.2 Å². The minimum absolute atomic E-state index is 0.105. The largest absolute Gasteiger partial charge is 0.497 e. The molecule has 6 heteroatoms. The van der Waals surface area contributed by atoms with E-state index in [4.69, 9.17) is 14.2 Å². The SMILES string of the molecule is COc1ccc(C(c2ccccc2OC)N2CCC(C(=O)O)CC2)c(OC)c1. The Balaban J connectivity index is 2.04. The van der Waals surface area contributed by atoms with Gasteiger partial charge in [-0.15, -0.1) is 0 Å². The maximum absolute atomic E-state index is 11.4. The summed E-state index contributed by atoms with van der Waals surface area (Å²) in [5, 5.41) is 9.35. The number of hydrogen-bond donors (Lipinski definition) is 1. The summed E-state index contributed by atoms with van der Waals surface area (Å²) < 4.78 is 16.6. The average molecular weight is 385 g/mol. The molecule has 28 heavy (non-hydrogen) atoms. The molecule has 0 radical (unpaired) electrons. The fourth-order valence-electron chi connectivity index (χ4n) is 3.90. The second kappa shape index (κ2) is 8.97. The van der Waals surface area contributed by atoms with Gasteiger partial charge in [0, 0.05) is 17.2 Å². The molecule has 0 saturated carbocycles. The molecule has 1 atom stereocenters. The molecule has 0 amide bonds. The van der Waals surface area contributed by atoms with Crippen molar-refractivity contribution in [2.75, 3.05) is 34.4 Å². The molecular weight excluding hydrogens is 358 g/mol. The van der Waals surface area contributed by atoms with E-state index in [1.54, 1.807) is 21.3 Å². The number of aliphatic carboxylic acids is 1. The molecule has 2 aromatic rings. The molecule has 150 valence electrons. The van der Waals surface area contributed by atoms with E-state index < -0.39 is 5.97 Å². The van der Waals surface area contributed by atoms with E-state index in [2.05, 4.69) is 11.0 Å². The summed E-state index contributed by atoms with van der Waals surface area (Å²) in [7, 11) is 4.94. The number of hydrogen-bond acceptors (Lipinski definition) is 5. The number of carbonyl (C=O) groups is 1. The maximum atomic E-state index is 11.4. The molecule has 0 aromatic heterocycles. The Bertz CT molecular complexity index is 814. The van der Waals surface area contributed by atoms with Crippen LogP contribution in [0.2, 0.25) is 0 Å². The first-order valence-corrected chi connectivity index (χ1v) is 9.40. The molecule has 2 aromatic carbocycles. The van der Waals surface area contributed by atoms with Crippen molar-refractivity contribution in [3.63, 3.8) is 0 Å². The summed E-state index contributed by atoms with van der Waals surface area (Å²) in [5.74, 6) is 1.26. The molecule has 0 bridgehead atoms. The summed E-state index contributed by atoms with van der Waals surface area (Å²) in [6, 6.07) is 13.6. The molecule has 0 spiro atoms. The van der Waals surface area contributed by atoms with Gasteiger partial charge < -0.3 is 19.3 Å². The molecule has 6 nitrogen and oxygen atoms in total. The van der Waals surface area contributed by atoms with E-state index in [1.807, 2.05) is 36.4 Å². The highest BCUT2D eigenvalue weighted by Crippen LogP contribution is 2.41. The number of ether oxygens (including phenoxy) is 3. The summed E-state index contributed by atoms with van der Waals surface area (Å²) in [4.78, 5) is 13.7. The van der Waals surface area contributed by atoms with Gasteiger partial charge in [0.15, 0.2) is 0 Å². The molecule has 0 aliphatic carbocycles. The summed E-state index contributed by atoms with van der Waals surface area (Å²) in [6.45, 7) is 1.38. The number of para-hydroxylation sites is 1. The Kier molecular flexibility index (Phi) is 6.41. The highest BCUT2D eigenvalue weighted by atomic mass is 16.5. The Morgan fingerprint density at radius 3 is 2.21 bits per heavy atom. The summed E-state index contributed by atoms with van der Waals surface area (Å²) in [6.07, 6.45) is 1.25. The lowest BCUT2D eigenvalue weighted by atomic mass is 9.90. The van der Waals surface area contributed by atoms with Gasteiger partial charge in [-0.25, -0.2) is 0 Å². The van der Waals surface area contributed by atoms with Gasteiger partial charge in [0.2, 0.25) is 0 Å².